The van der Waals surface area contributed by atoms with Crippen LogP contribution in [-0.2, 0) is 0 Å². The molecule has 0 fully saturated rings. The van der Waals surface area contributed by atoms with E-state index in [0.717, 1.165) is 10.7 Å². The summed E-state index contributed by atoms with van der Waals surface area (Å²) >= 11 is 3.02. The third-order valence-corrected chi connectivity index (χ3v) is 3.94. The zero-order valence-electron chi connectivity index (χ0n) is 9.02. The van der Waals surface area contributed by atoms with Gasteiger partial charge in [-0.1, -0.05) is 0 Å². The third kappa shape index (κ3) is 2.08. The highest BCUT2D eigenvalue weighted by Gasteiger charge is 2.13. The fourth-order valence-electron chi connectivity index (χ4n) is 1.40. The molecule has 0 amide bonds. The van der Waals surface area contributed by atoms with Crippen LogP contribution in [-0.4, -0.2) is 4.37 Å². The Labute approximate surface area is 103 Å². The highest BCUT2D eigenvalue weighted by atomic mass is 32.1. The van der Waals surface area contributed by atoms with Crippen LogP contribution in [0.1, 0.15) is 29.8 Å². The summed E-state index contributed by atoms with van der Waals surface area (Å²) in [6, 6.07) is 4.47. The summed E-state index contributed by atoms with van der Waals surface area (Å²) in [6.45, 7) is 3.94. The van der Waals surface area contributed by atoms with Crippen molar-refractivity contribution in [2.45, 2.75) is 19.9 Å². The Kier molecular flexibility index (Phi) is 3.22. The molecular weight excluding hydrogens is 238 g/mol. The van der Waals surface area contributed by atoms with Crippen LogP contribution in [0, 0.1) is 18.3 Å². The molecule has 2 heterocycles. The normalized spacial score (nSPS) is 12.1. The molecule has 3 nitrogen and oxygen atoms in total. The first-order chi connectivity index (χ1) is 7.72. The lowest BCUT2D eigenvalue weighted by molar-refractivity contribution is 0.894. The van der Waals surface area contributed by atoms with E-state index in [4.69, 9.17) is 5.26 Å². The van der Waals surface area contributed by atoms with Gasteiger partial charge in [0, 0.05) is 0 Å². The van der Waals surface area contributed by atoms with Crippen LogP contribution >= 0.6 is 22.9 Å². The molecule has 0 saturated heterocycles. The topological polar surface area (TPSA) is 48.7 Å². The van der Waals surface area contributed by atoms with Gasteiger partial charge in [0.1, 0.15) is 16.6 Å². The number of anilines is 1. The van der Waals surface area contributed by atoms with Gasteiger partial charge in [0.25, 0.3) is 0 Å². The minimum Gasteiger partial charge on any atom is -0.368 e. The molecule has 1 unspecified atom stereocenters. The summed E-state index contributed by atoms with van der Waals surface area (Å²) in [5.74, 6) is 0. The molecule has 0 aromatic carbocycles. The van der Waals surface area contributed by atoms with Gasteiger partial charge in [0.2, 0.25) is 0 Å². The fourth-order valence-corrected chi connectivity index (χ4v) is 2.99. The van der Waals surface area contributed by atoms with Gasteiger partial charge in [0.15, 0.2) is 0 Å². The first-order valence-electron chi connectivity index (χ1n) is 4.87. The maximum absolute atomic E-state index is 9.01. The van der Waals surface area contributed by atoms with Crippen LogP contribution in [0.15, 0.2) is 16.8 Å². The molecule has 5 heteroatoms. The van der Waals surface area contributed by atoms with E-state index in [1.165, 1.54) is 17.1 Å². The summed E-state index contributed by atoms with van der Waals surface area (Å²) in [5.41, 5.74) is 2.69. The van der Waals surface area contributed by atoms with Crippen molar-refractivity contribution in [3.63, 3.8) is 0 Å². The van der Waals surface area contributed by atoms with Crippen LogP contribution in [0.2, 0.25) is 0 Å². The Hall–Kier alpha value is -1.38. The predicted molar refractivity (Wildman–Crippen MR) is 67.9 cm³/mol. The maximum atomic E-state index is 9.01. The SMILES string of the molecule is Cc1nsc(NC(C)c2ccsc2)c1C#N. The Morgan fingerprint density at radius 2 is 2.38 bits per heavy atom. The predicted octanol–water partition coefficient (Wildman–Crippen LogP) is 3.56. The second-order valence-corrected chi connectivity index (χ2v) is 5.06. The van der Waals surface area contributed by atoms with E-state index >= 15 is 0 Å². The molecule has 1 atom stereocenters. The van der Waals surface area contributed by atoms with Crippen molar-refractivity contribution in [1.82, 2.24) is 4.37 Å². The van der Waals surface area contributed by atoms with E-state index in [9.17, 15) is 0 Å². The molecule has 0 aliphatic heterocycles. The van der Waals surface area contributed by atoms with Crippen LogP contribution in [0.4, 0.5) is 5.00 Å². The number of hydrogen-bond donors (Lipinski definition) is 1. The number of aromatic nitrogens is 1. The number of nitriles is 1. The molecule has 2 aromatic heterocycles. The van der Waals surface area contributed by atoms with Crippen molar-refractivity contribution in [1.29, 1.82) is 5.26 Å². The number of nitrogens with zero attached hydrogens (tertiary/aromatic N) is 2. The van der Waals surface area contributed by atoms with Gasteiger partial charge in [0.05, 0.1) is 11.7 Å². The highest BCUT2D eigenvalue weighted by molar-refractivity contribution is 7.10. The highest BCUT2D eigenvalue weighted by Crippen LogP contribution is 2.28. The van der Waals surface area contributed by atoms with Gasteiger partial charge in [-0.2, -0.15) is 21.0 Å². The summed E-state index contributed by atoms with van der Waals surface area (Å²) in [4.78, 5) is 0. The fraction of sp³-hybridized carbons (Fsp3) is 0.273. The van der Waals surface area contributed by atoms with Crippen LogP contribution < -0.4 is 5.32 Å². The van der Waals surface area contributed by atoms with Crippen LogP contribution in [0.25, 0.3) is 0 Å². The second-order valence-electron chi connectivity index (χ2n) is 3.51. The smallest absolute Gasteiger partial charge is 0.128 e. The van der Waals surface area contributed by atoms with E-state index in [1.54, 1.807) is 11.3 Å². The molecule has 0 aliphatic carbocycles. The monoisotopic (exact) mass is 249 g/mol. The average molecular weight is 249 g/mol. The molecule has 0 spiro atoms. The first kappa shape index (κ1) is 11.1. The lowest BCUT2D eigenvalue weighted by atomic mass is 10.2. The summed E-state index contributed by atoms with van der Waals surface area (Å²) in [5, 5.41) is 17.4. The van der Waals surface area contributed by atoms with Crippen LogP contribution in [0.3, 0.4) is 0 Å². The summed E-state index contributed by atoms with van der Waals surface area (Å²) in [6.07, 6.45) is 0. The number of thiophene rings is 1. The maximum Gasteiger partial charge on any atom is 0.128 e. The quantitative estimate of drug-likeness (QED) is 0.904. The van der Waals surface area contributed by atoms with E-state index in [2.05, 4.69) is 39.5 Å². The molecule has 0 bridgehead atoms. The van der Waals surface area contributed by atoms with Crippen molar-refractivity contribution in [2.75, 3.05) is 5.32 Å². The number of aryl methyl sites for hydroxylation is 1. The zero-order valence-corrected chi connectivity index (χ0v) is 10.7. The van der Waals surface area contributed by atoms with Crippen molar-refractivity contribution < 1.29 is 0 Å². The minimum absolute atomic E-state index is 0.207. The molecule has 2 rings (SSSR count). The van der Waals surface area contributed by atoms with Gasteiger partial charge in [-0.25, -0.2) is 0 Å². The Morgan fingerprint density at radius 3 is 3.00 bits per heavy atom. The van der Waals surface area contributed by atoms with Gasteiger partial charge in [-0.15, -0.1) is 0 Å². The van der Waals surface area contributed by atoms with Crippen molar-refractivity contribution in [2.24, 2.45) is 0 Å². The minimum atomic E-state index is 0.207. The van der Waals surface area contributed by atoms with Crippen molar-refractivity contribution >= 4 is 27.9 Å². The van der Waals surface area contributed by atoms with Crippen LogP contribution in [0.5, 0.6) is 0 Å². The van der Waals surface area contributed by atoms with Gasteiger partial charge >= 0.3 is 0 Å². The Bertz CT molecular complexity index is 508. The largest absolute Gasteiger partial charge is 0.368 e. The van der Waals surface area contributed by atoms with E-state index < -0.39 is 0 Å². The molecule has 82 valence electrons. The lowest BCUT2D eigenvalue weighted by Crippen LogP contribution is -2.05. The average Bonchev–Trinajstić information content (AvgIpc) is 2.88. The van der Waals surface area contributed by atoms with Crippen molar-refractivity contribution in [3.05, 3.63) is 33.6 Å². The molecule has 1 N–H and O–H groups in total. The number of rotatable bonds is 3. The van der Waals surface area contributed by atoms with E-state index in [0.29, 0.717) is 5.56 Å². The molecule has 16 heavy (non-hydrogen) atoms. The number of nitrogens with one attached hydrogen (secondary N) is 1. The number of hydrogen-bond acceptors (Lipinski definition) is 5. The lowest BCUT2D eigenvalue weighted by Gasteiger charge is -2.11. The zero-order chi connectivity index (χ0) is 11.5. The molecule has 0 aliphatic rings. The van der Waals surface area contributed by atoms with E-state index in [-0.39, 0.29) is 6.04 Å². The molecule has 0 saturated carbocycles. The summed E-state index contributed by atoms with van der Waals surface area (Å²) in [7, 11) is 0. The third-order valence-electron chi connectivity index (χ3n) is 2.37. The molecular formula is C11H11N3S2. The van der Waals surface area contributed by atoms with Gasteiger partial charge < -0.3 is 5.32 Å². The second kappa shape index (κ2) is 4.64. The Balaban J connectivity index is 2.19. The van der Waals surface area contributed by atoms with Gasteiger partial charge in [-0.3, -0.25) is 0 Å². The van der Waals surface area contributed by atoms with Gasteiger partial charge in [-0.05, 0) is 47.8 Å². The first-order valence-corrected chi connectivity index (χ1v) is 6.59. The Morgan fingerprint density at radius 1 is 1.56 bits per heavy atom. The molecule has 2 aromatic rings. The van der Waals surface area contributed by atoms with E-state index in [1.807, 2.05) is 6.92 Å². The van der Waals surface area contributed by atoms with Crippen molar-refractivity contribution in [3.8, 4) is 6.07 Å². The summed E-state index contributed by atoms with van der Waals surface area (Å²) < 4.78 is 4.18. The standard InChI is InChI=1S/C11H11N3S2/c1-7(9-3-4-15-6-9)13-11-10(5-12)8(2)14-16-11/h3-4,6-7,13H,1-2H3. The molecule has 0 radical (unpaired) electrons.